The average molecular weight is 739 g/mol. The molecule has 15 nitrogen and oxygen atoms in total. The highest BCUT2D eigenvalue weighted by atomic mass is 16.6. The van der Waals surface area contributed by atoms with E-state index in [1.807, 2.05) is 45.0 Å². The summed E-state index contributed by atoms with van der Waals surface area (Å²) in [4.78, 5) is 73.3. The normalized spacial score (nSPS) is 18.3. The Kier molecular flexibility index (Phi) is 13.2. The Labute approximate surface area is 312 Å². The number of nitrogens with zero attached hydrogens (tertiary/aromatic N) is 5. The molecule has 292 valence electrons. The van der Waals surface area contributed by atoms with E-state index in [1.165, 1.54) is 4.57 Å². The minimum atomic E-state index is -1.19. The molecule has 5 amide bonds. The standard InChI is InChI=1S/C38H58N8O7/c1-10-43(28-17-13-27(14-18-28)39-34(50)52-36(2,3)4)25-26-11-15-29(16-12-26)46-20-19-30(41-33(46)49)40-32(48)45-23-21-44(22-24-45)31(47)38(8,9)42-35(51)53-37(5,6)7/h11-12,15-16,19-20,27-28H,10,13-14,17-18,21-25H2,1-9H3,(H,39,50)(H,42,51)(H,40,41,48,49). The first-order valence-electron chi connectivity index (χ1n) is 18.5. The summed E-state index contributed by atoms with van der Waals surface area (Å²) >= 11 is 0. The summed E-state index contributed by atoms with van der Waals surface area (Å²) < 4.78 is 12.1. The minimum Gasteiger partial charge on any atom is -0.444 e. The number of piperazine rings is 1. The summed E-state index contributed by atoms with van der Waals surface area (Å²) in [6.45, 7) is 19.0. The van der Waals surface area contributed by atoms with Gasteiger partial charge in [-0.2, -0.15) is 4.98 Å². The molecule has 1 aliphatic carbocycles. The number of benzene rings is 1. The smallest absolute Gasteiger partial charge is 0.408 e. The first-order valence-corrected chi connectivity index (χ1v) is 18.5. The summed E-state index contributed by atoms with van der Waals surface area (Å²) in [5.41, 5.74) is -1.15. The molecule has 0 radical (unpaired) electrons. The van der Waals surface area contributed by atoms with E-state index in [9.17, 15) is 24.0 Å². The van der Waals surface area contributed by atoms with Gasteiger partial charge in [-0.15, -0.1) is 0 Å². The Morgan fingerprint density at radius 3 is 1.92 bits per heavy atom. The molecule has 1 saturated carbocycles. The van der Waals surface area contributed by atoms with Crippen LogP contribution in [0.1, 0.15) is 93.6 Å². The summed E-state index contributed by atoms with van der Waals surface area (Å²) in [5, 5.41) is 8.34. The van der Waals surface area contributed by atoms with Crippen molar-refractivity contribution in [1.29, 1.82) is 0 Å². The van der Waals surface area contributed by atoms with Gasteiger partial charge in [-0.25, -0.2) is 19.2 Å². The van der Waals surface area contributed by atoms with E-state index in [1.54, 1.807) is 56.7 Å². The number of carbonyl (C=O) groups is 4. The maximum Gasteiger partial charge on any atom is 0.408 e. The van der Waals surface area contributed by atoms with Crippen molar-refractivity contribution in [2.45, 2.75) is 123 Å². The van der Waals surface area contributed by atoms with Crippen LogP contribution in [0.5, 0.6) is 0 Å². The van der Waals surface area contributed by atoms with Crippen LogP contribution in [0.25, 0.3) is 5.69 Å². The topological polar surface area (TPSA) is 167 Å². The first-order chi connectivity index (χ1) is 24.7. The van der Waals surface area contributed by atoms with Crippen LogP contribution in [0.2, 0.25) is 0 Å². The maximum atomic E-state index is 13.2. The molecular formula is C38H58N8O7. The third kappa shape index (κ3) is 12.2. The van der Waals surface area contributed by atoms with Gasteiger partial charge >= 0.3 is 23.9 Å². The van der Waals surface area contributed by atoms with Crippen LogP contribution in [-0.4, -0.2) is 110 Å². The molecular weight excluding hydrogens is 680 g/mol. The lowest BCUT2D eigenvalue weighted by molar-refractivity contribution is -0.138. The number of urea groups is 1. The van der Waals surface area contributed by atoms with Gasteiger partial charge in [0.2, 0.25) is 5.91 Å². The fourth-order valence-electron chi connectivity index (χ4n) is 6.53. The highest BCUT2D eigenvalue weighted by Crippen LogP contribution is 2.25. The van der Waals surface area contributed by atoms with Gasteiger partial charge in [0.1, 0.15) is 22.6 Å². The van der Waals surface area contributed by atoms with Crippen molar-refractivity contribution in [3.8, 4) is 5.69 Å². The molecule has 0 bridgehead atoms. The van der Waals surface area contributed by atoms with Crippen molar-refractivity contribution >= 4 is 29.9 Å². The second-order valence-corrected chi connectivity index (χ2v) is 16.3. The number of ether oxygens (including phenoxy) is 2. The molecule has 2 heterocycles. The van der Waals surface area contributed by atoms with Crippen LogP contribution in [0.4, 0.5) is 20.2 Å². The maximum absolute atomic E-state index is 13.2. The predicted octanol–water partition coefficient (Wildman–Crippen LogP) is 4.87. The van der Waals surface area contributed by atoms with E-state index in [2.05, 4.69) is 32.8 Å². The Morgan fingerprint density at radius 1 is 0.811 bits per heavy atom. The average Bonchev–Trinajstić information content (AvgIpc) is 3.06. The van der Waals surface area contributed by atoms with Crippen LogP contribution in [0.3, 0.4) is 0 Å². The fourth-order valence-corrected chi connectivity index (χ4v) is 6.53. The monoisotopic (exact) mass is 738 g/mol. The van der Waals surface area contributed by atoms with Gasteiger partial charge in [0.25, 0.3) is 0 Å². The van der Waals surface area contributed by atoms with Crippen LogP contribution in [0.15, 0.2) is 41.3 Å². The summed E-state index contributed by atoms with van der Waals surface area (Å²) in [6.07, 6.45) is 4.32. The quantitative estimate of drug-likeness (QED) is 0.325. The summed E-state index contributed by atoms with van der Waals surface area (Å²) in [6, 6.07) is 9.47. The van der Waals surface area contributed by atoms with Gasteiger partial charge in [0, 0.05) is 51.0 Å². The third-order valence-electron chi connectivity index (χ3n) is 9.18. The summed E-state index contributed by atoms with van der Waals surface area (Å²) in [5.74, 6) is -0.151. The second kappa shape index (κ2) is 17.0. The Balaban J connectivity index is 1.25. The number of carbonyl (C=O) groups excluding carboxylic acids is 4. The number of amides is 5. The number of hydrogen-bond donors (Lipinski definition) is 3. The zero-order valence-electron chi connectivity index (χ0n) is 32.8. The van der Waals surface area contributed by atoms with Gasteiger partial charge in [0.15, 0.2) is 0 Å². The number of rotatable bonds is 9. The largest absolute Gasteiger partial charge is 0.444 e. The lowest BCUT2D eigenvalue weighted by Gasteiger charge is -2.38. The minimum absolute atomic E-state index is 0.119. The number of nitrogens with one attached hydrogen (secondary N) is 3. The Hall–Kier alpha value is -4.66. The molecule has 2 aromatic rings. The number of anilines is 1. The predicted molar refractivity (Wildman–Crippen MR) is 202 cm³/mol. The number of alkyl carbamates (subject to hydrolysis) is 2. The Bertz CT molecular complexity index is 1650. The van der Waals surface area contributed by atoms with Gasteiger partial charge in [-0.1, -0.05) is 19.1 Å². The van der Waals surface area contributed by atoms with Crippen molar-refractivity contribution in [2.75, 3.05) is 38.0 Å². The van der Waals surface area contributed by atoms with Crippen molar-refractivity contribution in [3.05, 3.63) is 52.6 Å². The van der Waals surface area contributed by atoms with E-state index in [0.717, 1.165) is 44.3 Å². The number of hydrogen-bond acceptors (Lipinski definition) is 9. The van der Waals surface area contributed by atoms with E-state index in [-0.39, 0.29) is 50.0 Å². The lowest BCUT2D eigenvalue weighted by Crippen LogP contribution is -2.60. The van der Waals surface area contributed by atoms with Crippen molar-refractivity contribution in [1.82, 2.24) is 34.9 Å². The highest BCUT2D eigenvalue weighted by molar-refractivity contribution is 5.90. The molecule has 1 aliphatic heterocycles. The molecule has 1 aromatic heterocycles. The molecule has 1 saturated heterocycles. The van der Waals surface area contributed by atoms with E-state index in [4.69, 9.17) is 9.47 Å². The molecule has 2 aliphatic rings. The highest BCUT2D eigenvalue weighted by Gasteiger charge is 2.37. The van der Waals surface area contributed by atoms with Crippen molar-refractivity contribution in [2.24, 2.45) is 0 Å². The van der Waals surface area contributed by atoms with Gasteiger partial charge < -0.3 is 29.9 Å². The van der Waals surface area contributed by atoms with Crippen molar-refractivity contribution in [3.63, 3.8) is 0 Å². The Morgan fingerprint density at radius 2 is 1.38 bits per heavy atom. The summed E-state index contributed by atoms with van der Waals surface area (Å²) in [7, 11) is 0. The molecule has 15 heteroatoms. The second-order valence-electron chi connectivity index (χ2n) is 16.3. The molecule has 2 fully saturated rings. The van der Waals surface area contributed by atoms with E-state index >= 15 is 0 Å². The molecule has 3 N–H and O–H groups in total. The van der Waals surface area contributed by atoms with Gasteiger partial charge in [0.05, 0.1) is 5.69 Å². The molecule has 0 unspecified atom stereocenters. The van der Waals surface area contributed by atoms with Crippen LogP contribution in [-0.2, 0) is 20.8 Å². The van der Waals surface area contributed by atoms with Gasteiger partial charge in [-0.05, 0) is 111 Å². The molecule has 53 heavy (non-hydrogen) atoms. The molecule has 4 rings (SSSR count). The van der Waals surface area contributed by atoms with Crippen LogP contribution >= 0.6 is 0 Å². The fraction of sp³-hybridized carbons (Fsp3) is 0.632. The zero-order chi connectivity index (χ0) is 39.1. The van der Waals surface area contributed by atoms with E-state index < -0.39 is 34.6 Å². The molecule has 0 spiro atoms. The van der Waals surface area contributed by atoms with E-state index in [0.29, 0.717) is 11.7 Å². The van der Waals surface area contributed by atoms with Gasteiger partial charge in [-0.3, -0.25) is 19.6 Å². The van der Waals surface area contributed by atoms with Crippen molar-refractivity contribution < 1.29 is 28.7 Å². The number of aromatic nitrogens is 2. The van der Waals surface area contributed by atoms with Crippen LogP contribution in [0, 0.1) is 0 Å². The molecule has 0 atom stereocenters. The molecule has 1 aromatic carbocycles. The zero-order valence-corrected chi connectivity index (χ0v) is 32.8. The van der Waals surface area contributed by atoms with Crippen LogP contribution < -0.4 is 21.6 Å². The SMILES string of the molecule is CCN(Cc1ccc(-n2ccc(NC(=O)N3CCN(C(=O)C(C)(C)NC(=O)OC(C)(C)C)CC3)nc2=O)cc1)C1CCC(NC(=O)OC(C)(C)C)CC1. The lowest BCUT2D eigenvalue weighted by atomic mass is 9.90. The first kappa shape index (κ1) is 41.1. The third-order valence-corrected chi connectivity index (χ3v) is 9.18.